The van der Waals surface area contributed by atoms with Crippen molar-refractivity contribution in [2.45, 2.75) is 24.2 Å². The van der Waals surface area contributed by atoms with Crippen LogP contribution in [0.3, 0.4) is 0 Å². The minimum atomic E-state index is -3.81. The Morgan fingerprint density at radius 2 is 1.45 bits per heavy atom. The van der Waals surface area contributed by atoms with E-state index in [1.54, 1.807) is 31.2 Å². The van der Waals surface area contributed by atoms with Crippen molar-refractivity contribution in [1.29, 1.82) is 0 Å². The molecule has 31 heavy (non-hydrogen) atoms. The molecule has 4 rings (SSSR count). The topological polar surface area (TPSA) is 85.7 Å². The summed E-state index contributed by atoms with van der Waals surface area (Å²) < 4.78 is 40.6. The lowest BCUT2D eigenvalue weighted by atomic mass is 10.2. The van der Waals surface area contributed by atoms with E-state index in [9.17, 15) is 8.42 Å². The average Bonchev–Trinajstić information content (AvgIpc) is 3.23. The van der Waals surface area contributed by atoms with E-state index in [-0.39, 0.29) is 24.2 Å². The highest BCUT2D eigenvalue weighted by molar-refractivity contribution is 7.89. The van der Waals surface area contributed by atoms with Gasteiger partial charge >= 0.3 is 0 Å². The van der Waals surface area contributed by atoms with Crippen LogP contribution in [0.25, 0.3) is 0 Å². The second-order valence-electron chi connectivity index (χ2n) is 7.42. The van der Waals surface area contributed by atoms with Gasteiger partial charge in [0, 0.05) is 32.4 Å². The molecule has 1 N–H and O–H groups in total. The molecule has 0 aliphatic carbocycles. The fourth-order valence-electron chi connectivity index (χ4n) is 3.35. The van der Waals surface area contributed by atoms with Crippen LogP contribution in [0.1, 0.15) is 17.2 Å². The Hall–Kier alpha value is -2.88. The summed E-state index contributed by atoms with van der Waals surface area (Å²) in [6.45, 7) is 2.03. The van der Waals surface area contributed by atoms with Crippen LogP contribution in [0, 0.1) is 0 Å². The van der Waals surface area contributed by atoms with Gasteiger partial charge in [0.2, 0.25) is 0 Å². The van der Waals surface area contributed by atoms with Gasteiger partial charge in [-0.2, -0.15) is 9.40 Å². The van der Waals surface area contributed by atoms with E-state index in [0.717, 1.165) is 35.7 Å². The molecule has 1 aliphatic rings. The van der Waals surface area contributed by atoms with Crippen molar-refractivity contribution in [3.05, 3.63) is 71.9 Å². The molecule has 0 bridgehead atoms. The largest absolute Gasteiger partial charge is 0.497 e. The smallest absolute Gasteiger partial charge is 0.262 e. The van der Waals surface area contributed by atoms with Crippen molar-refractivity contribution in [1.82, 2.24) is 19.4 Å². The van der Waals surface area contributed by atoms with Crippen LogP contribution in [0.2, 0.25) is 0 Å². The van der Waals surface area contributed by atoms with E-state index < -0.39 is 10.0 Å². The molecule has 3 aromatic rings. The van der Waals surface area contributed by atoms with Crippen LogP contribution >= 0.6 is 0 Å². The molecule has 0 spiro atoms. The fraction of sp³-hybridized carbons (Fsp3) is 0.318. The summed E-state index contributed by atoms with van der Waals surface area (Å²) >= 11 is 0. The van der Waals surface area contributed by atoms with Gasteiger partial charge in [0.25, 0.3) is 10.0 Å². The molecule has 8 nitrogen and oxygen atoms in total. The van der Waals surface area contributed by atoms with E-state index in [4.69, 9.17) is 9.47 Å². The first-order valence-electron chi connectivity index (χ1n) is 10.0. The maximum atomic E-state index is 13.5. The number of hydrogen-bond acceptors (Lipinski definition) is 6. The summed E-state index contributed by atoms with van der Waals surface area (Å²) in [4.78, 5) is 0. The zero-order chi connectivity index (χ0) is 21.8. The minimum Gasteiger partial charge on any atom is -0.497 e. The van der Waals surface area contributed by atoms with Crippen LogP contribution in [-0.4, -0.2) is 49.8 Å². The Morgan fingerprint density at radius 1 is 0.935 bits per heavy atom. The van der Waals surface area contributed by atoms with Crippen molar-refractivity contribution >= 4 is 10.0 Å². The molecular weight excluding hydrogens is 416 g/mol. The summed E-state index contributed by atoms with van der Waals surface area (Å²) in [6, 6.07) is 16.5. The zero-order valence-corrected chi connectivity index (χ0v) is 18.4. The number of methoxy groups -OCH3 is 2. The Morgan fingerprint density at radius 3 is 1.87 bits per heavy atom. The predicted molar refractivity (Wildman–Crippen MR) is 117 cm³/mol. The standard InChI is InChI=1S/C22H26N4O4S/c1-29-20-7-3-17(4-8-20)15-25(16-18-5-9-21(30-2)10-6-18)31(27,28)22-11-12-26(24-22)19-13-23-14-19/h3-12,19,23H,13-16H2,1-2H3. The summed E-state index contributed by atoms with van der Waals surface area (Å²) in [6.07, 6.45) is 1.73. The van der Waals surface area contributed by atoms with Crippen molar-refractivity contribution in [3.63, 3.8) is 0 Å². The first-order valence-corrected chi connectivity index (χ1v) is 11.5. The van der Waals surface area contributed by atoms with Crippen LogP contribution in [0.5, 0.6) is 11.5 Å². The molecule has 1 saturated heterocycles. The predicted octanol–water partition coefficient (Wildman–Crippen LogP) is 2.44. The van der Waals surface area contributed by atoms with Crippen molar-refractivity contribution in [2.24, 2.45) is 0 Å². The lowest BCUT2D eigenvalue weighted by Crippen LogP contribution is -2.43. The Balaban J connectivity index is 1.62. The molecular formula is C22H26N4O4S. The number of nitrogens with one attached hydrogen (secondary N) is 1. The summed E-state index contributed by atoms with van der Waals surface area (Å²) in [5, 5.41) is 7.60. The fourth-order valence-corrected chi connectivity index (χ4v) is 4.68. The molecule has 0 saturated carbocycles. The van der Waals surface area contributed by atoms with Crippen LogP contribution in [-0.2, 0) is 23.1 Å². The number of benzene rings is 2. The normalized spacial score (nSPS) is 14.4. The third-order valence-electron chi connectivity index (χ3n) is 5.36. The molecule has 0 amide bonds. The Bertz CT molecular complexity index is 1060. The van der Waals surface area contributed by atoms with Gasteiger partial charge < -0.3 is 14.8 Å². The molecule has 1 fully saturated rings. The number of aromatic nitrogens is 2. The molecule has 1 aromatic heterocycles. The highest BCUT2D eigenvalue weighted by atomic mass is 32.2. The van der Waals surface area contributed by atoms with Gasteiger partial charge in [-0.3, -0.25) is 4.68 Å². The molecule has 1 aliphatic heterocycles. The van der Waals surface area contributed by atoms with E-state index in [2.05, 4.69) is 10.4 Å². The number of ether oxygens (including phenoxy) is 2. The number of hydrogen-bond donors (Lipinski definition) is 1. The van der Waals surface area contributed by atoms with Crippen LogP contribution < -0.4 is 14.8 Å². The average molecular weight is 443 g/mol. The minimum absolute atomic E-state index is 0.0569. The first kappa shape index (κ1) is 21.4. The number of sulfonamides is 1. The van der Waals surface area contributed by atoms with Gasteiger partial charge in [-0.25, -0.2) is 8.42 Å². The maximum absolute atomic E-state index is 13.5. The van der Waals surface area contributed by atoms with Gasteiger partial charge in [0.15, 0.2) is 5.03 Å². The van der Waals surface area contributed by atoms with Gasteiger partial charge in [-0.1, -0.05) is 24.3 Å². The SMILES string of the molecule is COc1ccc(CN(Cc2ccc(OC)cc2)S(=O)(=O)c2ccn(C3CNC3)n2)cc1. The van der Waals surface area contributed by atoms with Crippen molar-refractivity contribution < 1.29 is 17.9 Å². The molecule has 0 unspecified atom stereocenters. The van der Waals surface area contributed by atoms with E-state index in [1.807, 2.05) is 48.5 Å². The second-order valence-corrected chi connectivity index (χ2v) is 9.30. The second kappa shape index (κ2) is 9.09. The molecule has 2 aromatic carbocycles. The molecule has 0 radical (unpaired) electrons. The lowest BCUT2D eigenvalue weighted by Gasteiger charge is -2.27. The van der Waals surface area contributed by atoms with E-state index in [0.29, 0.717) is 0 Å². The summed E-state index contributed by atoms with van der Waals surface area (Å²) in [5.41, 5.74) is 1.72. The van der Waals surface area contributed by atoms with Crippen molar-refractivity contribution in [3.8, 4) is 11.5 Å². The van der Waals surface area contributed by atoms with E-state index >= 15 is 0 Å². The number of nitrogens with zero attached hydrogens (tertiary/aromatic N) is 3. The van der Waals surface area contributed by atoms with Crippen LogP contribution in [0.4, 0.5) is 0 Å². The highest BCUT2D eigenvalue weighted by Gasteiger charge is 2.29. The van der Waals surface area contributed by atoms with Crippen LogP contribution in [0.15, 0.2) is 65.8 Å². The van der Waals surface area contributed by atoms with Gasteiger partial charge in [0.05, 0.1) is 20.3 Å². The summed E-state index contributed by atoms with van der Waals surface area (Å²) in [7, 11) is -0.606. The monoisotopic (exact) mass is 442 g/mol. The summed E-state index contributed by atoms with van der Waals surface area (Å²) in [5.74, 6) is 1.45. The molecule has 164 valence electrons. The van der Waals surface area contributed by atoms with Gasteiger partial charge in [-0.05, 0) is 41.5 Å². The molecule has 9 heteroatoms. The zero-order valence-electron chi connectivity index (χ0n) is 17.6. The quantitative estimate of drug-likeness (QED) is 0.548. The third kappa shape index (κ3) is 4.73. The van der Waals surface area contributed by atoms with Gasteiger partial charge in [-0.15, -0.1) is 0 Å². The number of rotatable bonds is 9. The van der Waals surface area contributed by atoms with Crippen molar-refractivity contribution in [2.75, 3.05) is 27.3 Å². The Kier molecular flexibility index (Phi) is 6.26. The first-order chi connectivity index (χ1) is 15.0. The third-order valence-corrected chi connectivity index (χ3v) is 7.04. The molecule has 2 heterocycles. The van der Waals surface area contributed by atoms with E-state index in [1.165, 1.54) is 4.31 Å². The maximum Gasteiger partial charge on any atom is 0.262 e. The van der Waals surface area contributed by atoms with Gasteiger partial charge in [0.1, 0.15) is 11.5 Å². The highest BCUT2D eigenvalue weighted by Crippen LogP contribution is 2.23. The Labute approximate surface area is 182 Å². The molecule has 0 atom stereocenters. The lowest BCUT2D eigenvalue weighted by molar-refractivity contribution is 0.313.